The molecule has 96 valence electrons. The molecular weight excluding hydrogens is 198 g/mol. The summed E-state index contributed by atoms with van der Waals surface area (Å²) in [4.78, 5) is 5.22. The van der Waals surface area contributed by atoms with Gasteiger partial charge in [-0.3, -0.25) is 0 Å². The van der Waals surface area contributed by atoms with Gasteiger partial charge >= 0.3 is 0 Å². The summed E-state index contributed by atoms with van der Waals surface area (Å²) in [5, 5.41) is 3.38. The fourth-order valence-electron chi connectivity index (χ4n) is 2.31. The van der Waals surface area contributed by atoms with Crippen molar-refractivity contribution >= 4 is 0 Å². The molecule has 0 aromatic rings. The summed E-state index contributed by atoms with van der Waals surface area (Å²) < 4.78 is 0. The first-order valence-electron chi connectivity index (χ1n) is 7.02. The van der Waals surface area contributed by atoms with Crippen molar-refractivity contribution in [3.05, 3.63) is 0 Å². The van der Waals surface area contributed by atoms with Gasteiger partial charge in [-0.2, -0.15) is 0 Å². The molecule has 0 bridgehead atoms. The van der Waals surface area contributed by atoms with E-state index in [0.717, 1.165) is 6.54 Å². The molecule has 3 heteroatoms. The Morgan fingerprint density at radius 3 is 2.06 bits per heavy atom. The largest absolute Gasteiger partial charge is 0.317 e. The Morgan fingerprint density at radius 2 is 1.50 bits per heavy atom. The van der Waals surface area contributed by atoms with E-state index >= 15 is 0 Å². The van der Waals surface area contributed by atoms with E-state index in [1.54, 1.807) is 0 Å². The van der Waals surface area contributed by atoms with Gasteiger partial charge in [0.25, 0.3) is 0 Å². The molecule has 3 nitrogen and oxygen atoms in total. The van der Waals surface area contributed by atoms with Crippen LogP contribution in [0.1, 0.15) is 33.1 Å². The van der Waals surface area contributed by atoms with Gasteiger partial charge in [-0.05, 0) is 45.4 Å². The highest BCUT2D eigenvalue weighted by atomic mass is 15.3. The standard InChI is InChI=1S/C13H29N3/c1-3-8-15-10-12-16(13-11-15)9-6-5-7-14-4-2/h14H,3-13H2,1-2H3. The van der Waals surface area contributed by atoms with Crippen LogP contribution in [0.3, 0.4) is 0 Å². The summed E-state index contributed by atoms with van der Waals surface area (Å²) in [7, 11) is 0. The molecule has 0 spiro atoms. The van der Waals surface area contributed by atoms with E-state index in [0.29, 0.717) is 0 Å². The summed E-state index contributed by atoms with van der Waals surface area (Å²) in [5.41, 5.74) is 0. The zero-order valence-electron chi connectivity index (χ0n) is 11.2. The van der Waals surface area contributed by atoms with Gasteiger partial charge in [0.1, 0.15) is 0 Å². The molecule has 0 aromatic heterocycles. The number of rotatable bonds is 8. The van der Waals surface area contributed by atoms with Crippen molar-refractivity contribution in [3.63, 3.8) is 0 Å². The third-order valence-electron chi connectivity index (χ3n) is 3.33. The van der Waals surface area contributed by atoms with Crippen LogP contribution in [0.4, 0.5) is 0 Å². The van der Waals surface area contributed by atoms with Crippen LogP contribution < -0.4 is 5.32 Å². The van der Waals surface area contributed by atoms with Crippen LogP contribution in [-0.4, -0.2) is 62.2 Å². The van der Waals surface area contributed by atoms with Crippen LogP contribution in [0, 0.1) is 0 Å². The lowest BCUT2D eigenvalue weighted by Gasteiger charge is -2.34. The molecule has 0 amide bonds. The Hall–Kier alpha value is -0.120. The molecule has 0 unspecified atom stereocenters. The second-order valence-electron chi connectivity index (χ2n) is 4.74. The molecule has 0 aromatic carbocycles. The highest BCUT2D eigenvalue weighted by Gasteiger charge is 2.14. The maximum absolute atomic E-state index is 3.38. The molecule has 1 aliphatic rings. The summed E-state index contributed by atoms with van der Waals surface area (Å²) in [5.74, 6) is 0. The molecule has 1 N–H and O–H groups in total. The number of unbranched alkanes of at least 4 members (excludes halogenated alkanes) is 1. The van der Waals surface area contributed by atoms with Gasteiger partial charge in [0, 0.05) is 26.2 Å². The Bertz CT molecular complexity index is 153. The summed E-state index contributed by atoms with van der Waals surface area (Å²) in [6.45, 7) is 14.4. The third-order valence-corrected chi connectivity index (χ3v) is 3.33. The summed E-state index contributed by atoms with van der Waals surface area (Å²) >= 11 is 0. The van der Waals surface area contributed by atoms with Crippen LogP contribution in [0.2, 0.25) is 0 Å². The van der Waals surface area contributed by atoms with Crippen LogP contribution in [0.15, 0.2) is 0 Å². The van der Waals surface area contributed by atoms with Crippen molar-refractivity contribution in [2.45, 2.75) is 33.1 Å². The zero-order valence-corrected chi connectivity index (χ0v) is 11.2. The molecule has 0 radical (unpaired) electrons. The average molecular weight is 227 g/mol. The normalized spacial score (nSPS) is 19.1. The van der Waals surface area contributed by atoms with Crippen molar-refractivity contribution in [2.24, 2.45) is 0 Å². The maximum atomic E-state index is 3.38. The van der Waals surface area contributed by atoms with Crippen LogP contribution in [-0.2, 0) is 0 Å². The van der Waals surface area contributed by atoms with Crippen molar-refractivity contribution in [3.8, 4) is 0 Å². The molecule has 16 heavy (non-hydrogen) atoms. The lowest BCUT2D eigenvalue weighted by Crippen LogP contribution is -2.46. The summed E-state index contributed by atoms with van der Waals surface area (Å²) in [6, 6.07) is 0. The number of hydrogen-bond donors (Lipinski definition) is 1. The predicted octanol–water partition coefficient (Wildman–Crippen LogP) is 1.40. The number of piperazine rings is 1. The smallest absolute Gasteiger partial charge is 0.0110 e. The SMILES string of the molecule is CCCN1CCN(CCCCNCC)CC1. The predicted molar refractivity (Wildman–Crippen MR) is 70.9 cm³/mol. The molecule has 0 saturated carbocycles. The first kappa shape index (κ1) is 13.9. The Labute approximate surface area is 101 Å². The molecule has 1 aliphatic heterocycles. The van der Waals surface area contributed by atoms with Crippen molar-refractivity contribution < 1.29 is 0 Å². The first-order chi connectivity index (χ1) is 7.86. The van der Waals surface area contributed by atoms with E-state index in [1.165, 1.54) is 65.1 Å². The van der Waals surface area contributed by atoms with E-state index < -0.39 is 0 Å². The molecule has 1 rings (SSSR count). The van der Waals surface area contributed by atoms with Crippen molar-refractivity contribution in [1.82, 2.24) is 15.1 Å². The van der Waals surface area contributed by atoms with Gasteiger partial charge in [0.2, 0.25) is 0 Å². The molecular formula is C13H29N3. The highest BCUT2D eigenvalue weighted by molar-refractivity contribution is 4.71. The molecule has 1 fully saturated rings. The van der Waals surface area contributed by atoms with Crippen LogP contribution in [0.25, 0.3) is 0 Å². The van der Waals surface area contributed by atoms with E-state index in [1.807, 2.05) is 0 Å². The lowest BCUT2D eigenvalue weighted by molar-refractivity contribution is 0.131. The van der Waals surface area contributed by atoms with E-state index in [-0.39, 0.29) is 0 Å². The van der Waals surface area contributed by atoms with E-state index in [2.05, 4.69) is 29.0 Å². The van der Waals surface area contributed by atoms with Gasteiger partial charge < -0.3 is 15.1 Å². The van der Waals surface area contributed by atoms with Crippen molar-refractivity contribution in [2.75, 3.05) is 52.4 Å². The minimum atomic E-state index is 1.11. The van der Waals surface area contributed by atoms with Crippen LogP contribution in [0.5, 0.6) is 0 Å². The minimum Gasteiger partial charge on any atom is -0.317 e. The molecule has 0 atom stereocenters. The highest BCUT2D eigenvalue weighted by Crippen LogP contribution is 2.03. The van der Waals surface area contributed by atoms with E-state index in [4.69, 9.17) is 0 Å². The fourth-order valence-corrected chi connectivity index (χ4v) is 2.31. The first-order valence-corrected chi connectivity index (χ1v) is 7.02. The Balaban J connectivity index is 1.95. The Morgan fingerprint density at radius 1 is 0.875 bits per heavy atom. The van der Waals surface area contributed by atoms with Crippen molar-refractivity contribution in [1.29, 1.82) is 0 Å². The number of nitrogens with zero attached hydrogens (tertiary/aromatic N) is 2. The minimum absolute atomic E-state index is 1.11. The number of nitrogens with one attached hydrogen (secondary N) is 1. The zero-order chi connectivity index (χ0) is 11.6. The maximum Gasteiger partial charge on any atom is 0.0110 e. The summed E-state index contributed by atoms with van der Waals surface area (Å²) in [6.07, 6.45) is 3.96. The lowest BCUT2D eigenvalue weighted by atomic mass is 10.2. The molecule has 1 saturated heterocycles. The van der Waals surface area contributed by atoms with Gasteiger partial charge in [-0.25, -0.2) is 0 Å². The topological polar surface area (TPSA) is 18.5 Å². The average Bonchev–Trinajstić information content (AvgIpc) is 2.31. The molecule has 1 heterocycles. The Kier molecular flexibility index (Phi) is 7.81. The second-order valence-corrected chi connectivity index (χ2v) is 4.74. The van der Waals surface area contributed by atoms with Crippen LogP contribution >= 0.6 is 0 Å². The van der Waals surface area contributed by atoms with Gasteiger partial charge in [0.05, 0.1) is 0 Å². The van der Waals surface area contributed by atoms with Gasteiger partial charge in [-0.15, -0.1) is 0 Å². The monoisotopic (exact) mass is 227 g/mol. The van der Waals surface area contributed by atoms with Gasteiger partial charge in [0.15, 0.2) is 0 Å². The number of hydrogen-bond acceptors (Lipinski definition) is 3. The third kappa shape index (κ3) is 5.83. The molecule has 0 aliphatic carbocycles. The fraction of sp³-hybridized carbons (Fsp3) is 1.00. The van der Waals surface area contributed by atoms with Gasteiger partial charge in [-0.1, -0.05) is 13.8 Å². The second kappa shape index (κ2) is 8.97. The van der Waals surface area contributed by atoms with E-state index in [9.17, 15) is 0 Å². The quantitative estimate of drug-likeness (QED) is 0.633.